The molecular weight excluding hydrogens is 430 g/mol. The first-order valence-corrected chi connectivity index (χ1v) is 10.9. The molecule has 5 rings (SSSR count). The van der Waals surface area contributed by atoms with Crippen LogP contribution in [0.25, 0.3) is 11.0 Å². The van der Waals surface area contributed by atoms with Crippen molar-refractivity contribution in [2.24, 2.45) is 0 Å². The van der Waals surface area contributed by atoms with E-state index in [1.165, 1.54) is 12.0 Å². The highest BCUT2D eigenvalue weighted by Gasteiger charge is 2.46. The lowest BCUT2D eigenvalue weighted by atomic mass is 9.93. The van der Waals surface area contributed by atoms with E-state index < -0.39 is 23.5 Å². The van der Waals surface area contributed by atoms with Crippen LogP contribution >= 0.6 is 0 Å². The molecule has 1 aromatic heterocycles. The molecule has 1 unspecified atom stereocenters. The lowest BCUT2D eigenvalue weighted by Crippen LogP contribution is -2.32. The van der Waals surface area contributed by atoms with Crippen LogP contribution in [0.1, 0.15) is 33.3 Å². The number of ether oxygens (including phenoxy) is 1. The minimum Gasteiger partial charge on any atom is -0.503 e. The Hall–Kier alpha value is -4.32. The number of hydrogen-bond donors (Lipinski definition) is 1. The first kappa shape index (κ1) is 21.5. The number of hydrogen-bond acceptors (Lipinski definition) is 5. The number of para-hydroxylation sites is 2. The third-order valence-electron chi connectivity index (χ3n) is 6.37. The number of Topliss-reactive ketones (excluding diaryl/α,β-unsaturated/α-hetero) is 1. The van der Waals surface area contributed by atoms with E-state index in [2.05, 4.69) is 0 Å². The van der Waals surface area contributed by atoms with E-state index in [9.17, 15) is 14.7 Å². The molecule has 0 saturated heterocycles. The van der Waals surface area contributed by atoms with Crippen LogP contribution in [-0.4, -0.2) is 23.9 Å². The summed E-state index contributed by atoms with van der Waals surface area (Å²) >= 11 is 0. The van der Waals surface area contributed by atoms with Crippen molar-refractivity contribution in [1.29, 1.82) is 0 Å². The summed E-state index contributed by atoms with van der Waals surface area (Å²) in [6.45, 7) is 3.86. The van der Waals surface area contributed by atoms with Gasteiger partial charge >= 0.3 is 0 Å². The van der Waals surface area contributed by atoms with Crippen LogP contribution in [0, 0.1) is 13.8 Å². The maximum absolute atomic E-state index is 13.8. The van der Waals surface area contributed by atoms with Gasteiger partial charge in [0.2, 0.25) is 5.78 Å². The largest absolute Gasteiger partial charge is 0.503 e. The number of aryl methyl sites for hydroxylation is 1. The first-order chi connectivity index (χ1) is 16.4. The van der Waals surface area contributed by atoms with Gasteiger partial charge in [-0.1, -0.05) is 48.5 Å². The number of carbonyl (C=O) groups excluding carboxylic acids is 2. The molecule has 1 aliphatic heterocycles. The van der Waals surface area contributed by atoms with Crippen LogP contribution in [-0.2, 0) is 4.79 Å². The van der Waals surface area contributed by atoms with Crippen molar-refractivity contribution in [2.45, 2.75) is 19.9 Å². The fourth-order valence-corrected chi connectivity index (χ4v) is 4.50. The standard InChI is InChI=1S/C28H23NO5/c1-16-9-8-12-20(17(16)2)29-25(19-11-5-7-14-22(19)33-3)24(27(31)28(29)32)26(30)23-15-18-10-4-6-13-21(18)34-23/h4-15,25,31H,1-3H3. The molecule has 0 aliphatic carbocycles. The molecule has 1 aliphatic rings. The van der Waals surface area contributed by atoms with E-state index >= 15 is 0 Å². The Morgan fingerprint density at radius 2 is 1.74 bits per heavy atom. The molecule has 0 radical (unpaired) electrons. The zero-order valence-corrected chi connectivity index (χ0v) is 19.0. The van der Waals surface area contributed by atoms with Crippen LogP contribution in [0.2, 0.25) is 0 Å². The normalized spacial score (nSPS) is 15.9. The minimum absolute atomic E-state index is 0.0468. The third kappa shape index (κ3) is 3.27. The summed E-state index contributed by atoms with van der Waals surface area (Å²) in [6.07, 6.45) is 0. The Bertz CT molecular complexity index is 1450. The number of amides is 1. The van der Waals surface area contributed by atoms with Gasteiger partial charge in [-0.3, -0.25) is 14.5 Å². The van der Waals surface area contributed by atoms with E-state index in [-0.39, 0.29) is 11.3 Å². The molecule has 6 nitrogen and oxygen atoms in total. The Kier molecular flexibility index (Phi) is 5.21. The highest BCUT2D eigenvalue weighted by molar-refractivity contribution is 6.21. The number of anilines is 1. The molecule has 3 aromatic carbocycles. The SMILES string of the molecule is COc1ccccc1C1C(C(=O)c2cc3ccccc3o2)=C(O)C(=O)N1c1cccc(C)c1C. The van der Waals surface area contributed by atoms with E-state index in [1.807, 2.05) is 62.4 Å². The van der Waals surface area contributed by atoms with Crippen molar-refractivity contribution in [3.8, 4) is 5.75 Å². The topological polar surface area (TPSA) is 80.0 Å². The molecule has 170 valence electrons. The molecule has 1 N–H and O–H groups in total. The number of carbonyl (C=O) groups is 2. The number of furan rings is 1. The number of benzene rings is 3. The van der Waals surface area contributed by atoms with Crippen LogP contribution in [0.15, 0.2) is 88.5 Å². The number of methoxy groups -OCH3 is 1. The monoisotopic (exact) mass is 453 g/mol. The Morgan fingerprint density at radius 3 is 2.50 bits per heavy atom. The second-order valence-corrected chi connectivity index (χ2v) is 8.28. The predicted octanol–water partition coefficient (Wildman–Crippen LogP) is 5.84. The fraction of sp³-hybridized carbons (Fsp3) is 0.143. The Labute approximate surface area is 196 Å². The summed E-state index contributed by atoms with van der Waals surface area (Å²) in [4.78, 5) is 28.7. The Balaban J connectivity index is 1.72. The summed E-state index contributed by atoms with van der Waals surface area (Å²) in [6, 6.07) is 20.8. The van der Waals surface area contributed by atoms with Gasteiger partial charge in [0.05, 0.1) is 18.7 Å². The highest BCUT2D eigenvalue weighted by atomic mass is 16.5. The van der Waals surface area contributed by atoms with Crippen molar-refractivity contribution >= 4 is 28.3 Å². The van der Waals surface area contributed by atoms with Gasteiger partial charge in [-0.05, 0) is 49.2 Å². The van der Waals surface area contributed by atoms with Gasteiger partial charge in [-0.15, -0.1) is 0 Å². The number of nitrogens with zero attached hydrogens (tertiary/aromatic N) is 1. The summed E-state index contributed by atoms with van der Waals surface area (Å²) in [7, 11) is 1.53. The van der Waals surface area contributed by atoms with Gasteiger partial charge < -0.3 is 14.3 Å². The molecule has 0 saturated carbocycles. The molecule has 34 heavy (non-hydrogen) atoms. The average molecular weight is 453 g/mol. The smallest absolute Gasteiger partial charge is 0.294 e. The predicted molar refractivity (Wildman–Crippen MR) is 129 cm³/mol. The van der Waals surface area contributed by atoms with Gasteiger partial charge in [-0.2, -0.15) is 0 Å². The molecule has 0 spiro atoms. The summed E-state index contributed by atoms with van der Waals surface area (Å²) in [5, 5.41) is 11.8. The molecule has 2 heterocycles. The Morgan fingerprint density at radius 1 is 1.00 bits per heavy atom. The number of aliphatic hydroxyl groups excluding tert-OH is 1. The van der Waals surface area contributed by atoms with Crippen molar-refractivity contribution in [3.05, 3.63) is 107 Å². The van der Waals surface area contributed by atoms with Crippen molar-refractivity contribution in [1.82, 2.24) is 0 Å². The first-order valence-electron chi connectivity index (χ1n) is 10.9. The van der Waals surface area contributed by atoms with Crippen molar-refractivity contribution in [3.63, 3.8) is 0 Å². The summed E-state index contributed by atoms with van der Waals surface area (Å²) < 4.78 is 11.4. The molecule has 1 amide bonds. The van der Waals surface area contributed by atoms with Gasteiger partial charge in [0.1, 0.15) is 11.3 Å². The van der Waals surface area contributed by atoms with Crippen LogP contribution < -0.4 is 9.64 Å². The second kappa shape index (κ2) is 8.23. The van der Waals surface area contributed by atoms with Gasteiger partial charge in [-0.25, -0.2) is 0 Å². The van der Waals surface area contributed by atoms with Gasteiger partial charge in [0.15, 0.2) is 11.5 Å². The lowest BCUT2D eigenvalue weighted by molar-refractivity contribution is -0.117. The highest BCUT2D eigenvalue weighted by Crippen LogP contribution is 2.46. The zero-order valence-electron chi connectivity index (χ0n) is 19.0. The zero-order chi connectivity index (χ0) is 24.0. The molecule has 6 heteroatoms. The maximum atomic E-state index is 13.8. The van der Waals surface area contributed by atoms with Crippen LogP contribution in [0.5, 0.6) is 5.75 Å². The molecule has 0 fully saturated rings. The average Bonchev–Trinajstić information content (AvgIpc) is 3.40. The maximum Gasteiger partial charge on any atom is 0.294 e. The third-order valence-corrected chi connectivity index (χ3v) is 6.37. The van der Waals surface area contributed by atoms with Crippen LogP contribution in [0.4, 0.5) is 5.69 Å². The fourth-order valence-electron chi connectivity index (χ4n) is 4.50. The molecule has 4 aromatic rings. The minimum atomic E-state index is -0.898. The molecular formula is C28H23NO5. The van der Waals surface area contributed by atoms with Gasteiger partial charge in [0, 0.05) is 16.6 Å². The quantitative estimate of drug-likeness (QED) is 0.384. The van der Waals surface area contributed by atoms with E-state index in [0.29, 0.717) is 22.6 Å². The number of rotatable bonds is 5. The number of fused-ring (bicyclic) bond motifs is 1. The van der Waals surface area contributed by atoms with Crippen LogP contribution in [0.3, 0.4) is 0 Å². The van der Waals surface area contributed by atoms with Gasteiger partial charge in [0.25, 0.3) is 5.91 Å². The van der Waals surface area contributed by atoms with E-state index in [0.717, 1.165) is 16.5 Å². The van der Waals surface area contributed by atoms with E-state index in [4.69, 9.17) is 9.15 Å². The molecule has 0 bridgehead atoms. The van der Waals surface area contributed by atoms with E-state index in [1.54, 1.807) is 24.3 Å². The molecule has 1 atom stereocenters. The van der Waals surface area contributed by atoms with Crippen molar-refractivity contribution in [2.75, 3.05) is 12.0 Å². The van der Waals surface area contributed by atoms with Crippen molar-refractivity contribution < 1.29 is 23.8 Å². The lowest BCUT2D eigenvalue weighted by Gasteiger charge is -2.29. The summed E-state index contributed by atoms with van der Waals surface area (Å²) in [5.41, 5.74) is 3.56. The second-order valence-electron chi connectivity index (χ2n) is 8.28. The number of aliphatic hydroxyl groups is 1. The summed E-state index contributed by atoms with van der Waals surface area (Å²) in [5.74, 6) is -1.24. The number of ketones is 1.